The van der Waals surface area contributed by atoms with E-state index in [4.69, 9.17) is 27.9 Å². The molecule has 0 heterocycles. The van der Waals surface area contributed by atoms with E-state index < -0.39 is 10.0 Å². The summed E-state index contributed by atoms with van der Waals surface area (Å²) in [5, 5.41) is 0.340. The summed E-state index contributed by atoms with van der Waals surface area (Å²) in [4.78, 5) is 0.0202. The van der Waals surface area contributed by atoms with Crippen molar-refractivity contribution >= 4 is 33.2 Å². The second-order valence-electron chi connectivity index (χ2n) is 4.32. The van der Waals surface area contributed by atoms with Gasteiger partial charge in [0.25, 0.3) is 0 Å². The monoisotopic (exact) mass is 339 g/mol. The second kappa shape index (κ2) is 7.50. The third-order valence-corrected chi connectivity index (χ3v) is 5.43. The van der Waals surface area contributed by atoms with Crippen LogP contribution in [0.4, 0.5) is 0 Å². The van der Waals surface area contributed by atoms with Crippen molar-refractivity contribution in [3.63, 3.8) is 0 Å². The molecule has 1 rings (SSSR count). The van der Waals surface area contributed by atoms with Crippen LogP contribution in [0.1, 0.15) is 26.7 Å². The van der Waals surface area contributed by atoms with Crippen molar-refractivity contribution in [3.05, 3.63) is 22.2 Å². The van der Waals surface area contributed by atoms with Crippen molar-refractivity contribution in [1.29, 1.82) is 0 Å². The minimum Gasteiger partial charge on any atom is -0.495 e. The molecule has 0 atom stereocenters. The highest BCUT2D eigenvalue weighted by atomic mass is 35.5. The highest BCUT2D eigenvalue weighted by Gasteiger charge is 2.26. The van der Waals surface area contributed by atoms with E-state index in [9.17, 15) is 8.42 Å². The lowest BCUT2D eigenvalue weighted by Crippen LogP contribution is -2.32. The van der Waals surface area contributed by atoms with E-state index in [2.05, 4.69) is 0 Å². The largest absolute Gasteiger partial charge is 0.495 e. The van der Waals surface area contributed by atoms with Gasteiger partial charge < -0.3 is 4.74 Å². The molecule has 0 aliphatic heterocycles. The summed E-state index contributed by atoms with van der Waals surface area (Å²) < 4.78 is 31.7. The molecule has 7 heteroatoms. The molecule has 114 valence electrons. The number of benzene rings is 1. The number of rotatable bonds is 7. The van der Waals surface area contributed by atoms with Gasteiger partial charge in [0.2, 0.25) is 10.0 Å². The molecule has 0 aromatic heterocycles. The van der Waals surface area contributed by atoms with Crippen molar-refractivity contribution in [3.8, 4) is 5.75 Å². The Bertz CT molecular complexity index is 555. The van der Waals surface area contributed by atoms with Crippen LogP contribution < -0.4 is 4.74 Å². The number of hydrogen-bond donors (Lipinski definition) is 0. The average molecular weight is 340 g/mol. The Morgan fingerprint density at radius 1 is 1.10 bits per heavy atom. The van der Waals surface area contributed by atoms with E-state index in [1.54, 1.807) is 0 Å². The van der Waals surface area contributed by atoms with E-state index in [-0.39, 0.29) is 14.9 Å². The molecule has 0 aliphatic rings. The standard InChI is InChI=1S/C13H19Cl2NO3S/c1-4-6-16(7-5-2)20(17,18)13-9-10(14)12(19-3)8-11(13)15/h8-9H,4-7H2,1-3H3. The molecule has 1 aromatic rings. The molecule has 4 nitrogen and oxygen atoms in total. The Kier molecular flexibility index (Phi) is 6.58. The van der Waals surface area contributed by atoms with Crippen LogP contribution in [-0.4, -0.2) is 32.9 Å². The first-order valence-electron chi connectivity index (χ1n) is 6.41. The fourth-order valence-corrected chi connectivity index (χ4v) is 4.30. The SMILES string of the molecule is CCCN(CCC)S(=O)(=O)c1cc(Cl)c(OC)cc1Cl. The zero-order chi connectivity index (χ0) is 15.3. The average Bonchev–Trinajstić information content (AvgIpc) is 2.40. The Morgan fingerprint density at radius 3 is 2.10 bits per heavy atom. The summed E-state index contributed by atoms with van der Waals surface area (Å²) in [5.74, 6) is 0.355. The molecule has 0 saturated carbocycles. The lowest BCUT2D eigenvalue weighted by Gasteiger charge is -2.22. The van der Waals surface area contributed by atoms with Gasteiger partial charge in [-0.3, -0.25) is 0 Å². The number of methoxy groups -OCH3 is 1. The third kappa shape index (κ3) is 3.79. The van der Waals surface area contributed by atoms with Gasteiger partial charge in [-0.05, 0) is 18.9 Å². The molecular weight excluding hydrogens is 321 g/mol. The normalized spacial score (nSPS) is 11.9. The van der Waals surface area contributed by atoms with Crippen LogP contribution in [0.5, 0.6) is 5.75 Å². The summed E-state index contributed by atoms with van der Waals surface area (Å²) >= 11 is 12.1. The van der Waals surface area contributed by atoms with Crippen LogP contribution >= 0.6 is 23.2 Å². The quantitative estimate of drug-likeness (QED) is 0.758. The summed E-state index contributed by atoms with van der Waals surface area (Å²) in [5.41, 5.74) is 0. The molecule has 0 amide bonds. The highest BCUT2D eigenvalue weighted by molar-refractivity contribution is 7.89. The Balaban J connectivity index is 3.30. The van der Waals surface area contributed by atoms with Crippen LogP contribution in [0.3, 0.4) is 0 Å². The number of hydrogen-bond acceptors (Lipinski definition) is 3. The zero-order valence-corrected chi connectivity index (χ0v) is 14.1. The van der Waals surface area contributed by atoms with E-state index in [0.29, 0.717) is 18.8 Å². The van der Waals surface area contributed by atoms with Crippen LogP contribution in [0.2, 0.25) is 10.0 Å². The van der Waals surface area contributed by atoms with Crippen molar-refractivity contribution in [1.82, 2.24) is 4.31 Å². The fraction of sp³-hybridized carbons (Fsp3) is 0.538. The summed E-state index contributed by atoms with van der Waals surface area (Å²) in [6.07, 6.45) is 1.47. The molecule has 0 fully saturated rings. The Morgan fingerprint density at radius 2 is 1.65 bits per heavy atom. The van der Waals surface area contributed by atoms with Gasteiger partial charge >= 0.3 is 0 Å². The van der Waals surface area contributed by atoms with Gasteiger partial charge in [-0.2, -0.15) is 4.31 Å². The summed E-state index contributed by atoms with van der Waals surface area (Å²) in [7, 11) is -2.19. The third-order valence-electron chi connectivity index (χ3n) is 2.77. The zero-order valence-electron chi connectivity index (χ0n) is 11.8. The Hall–Kier alpha value is -0.490. The van der Waals surface area contributed by atoms with E-state index in [1.165, 1.54) is 23.5 Å². The minimum atomic E-state index is -3.64. The number of ether oxygens (including phenoxy) is 1. The molecule has 0 spiro atoms. The molecule has 1 aromatic carbocycles. The van der Waals surface area contributed by atoms with E-state index in [0.717, 1.165) is 12.8 Å². The molecule has 0 unspecified atom stereocenters. The highest BCUT2D eigenvalue weighted by Crippen LogP contribution is 2.34. The topological polar surface area (TPSA) is 46.6 Å². The second-order valence-corrected chi connectivity index (χ2v) is 7.04. The fourth-order valence-electron chi connectivity index (χ4n) is 1.85. The van der Waals surface area contributed by atoms with Crippen molar-refractivity contribution in [2.75, 3.05) is 20.2 Å². The molecule has 0 radical (unpaired) electrons. The van der Waals surface area contributed by atoms with E-state index >= 15 is 0 Å². The smallest absolute Gasteiger partial charge is 0.244 e. The van der Waals surface area contributed by atoms with Gasteiger partial charge in [0.15, 0.2) is 0 Å². The van der Waals surface area contributed by atoms with E-state index in [1.807, 2.05) is 13.8 Å². The maximum Gasteiger partial charge on any atom is 0.244 e. The van der Waals surface area contributed by atoms with Crippen molar-refractivity contribution in [2.24, 2.45) is 0 Å². The van der Waals surface area contributed by atoms with Crippen molar-refractivity contribution in [2.45, 2.75) is 31.6 Å². The van der Waals surface area contributed by atoms with Gasteiger partial charge in [0.05, 0.1) is 17.2 Å². The van der Waals surface area contributed by atoms with Gasteiger partial charge in [0.1, 0.15) is 10.6 Å². The van der Waals surface area contributed by atoms with Crippen LogP contribution in [0, 0.1) is 0 Å². The van der Waals surface area contributed by atoms with Crippen LogP contribution in [-0.2, 0) is 10.0 Å². The summed E-state index contributed by atoms with van der Waals surface area (Å²) in [6.45, 7) is 4.77. The van der Waals surface area contributed by atoms with Gasteiger partial charge in [-0.1, -0.05) is 37.0 Å². The maximum atomic E-state index is 12.6. The van der Waals surface area contributed by atoms with Crippen molar-refractivity contribution < 1.29 is 13.2 Å². The predicted molar refractivity (Wildman–Crippen MR) is 82.4 cm³/mol. The molecule has 0 bridgehead atoms. The van der Waals surface area contributed by atoms with Gasteiger partial charge in [-0.25, -0.2) is 8.42 Å². The first-order valence-corrected chi connectivity index (χ1v) is 8.61. The lowest BCUT2D eigenvalue weighted by molar-refractivity contribution is 0.408. The molecule has 0 aliphatic carbocycles. The number of sulfonamides is 1. The first-order chi connectivity index (χ1) is 9.38. The molecular formula is C13H19Cl2NO3S. The Labute approximate surface area is 130 Å². The maximum absolute atomic E-state index is 12.6. The number of nitrogens with zero attached hydrogens (tertiary/aromatic N) is 1. The molecule has 0 saturated heterocycles. The predicted octanol–water partition coefficient (Wildman–Crippen LogP) is 3.81. The first kappa shape index (κ1) is 17.6. The van der Waals surface area contributed by atoms with Crippen LogP contribution in [0.25, 0.3) is 0 Å². The van der Waals surface area contributed by atoms with Gasteiger partial charge in [0, 0.05) is 19.2 Å². The lowest BCUT2D eigenvalue weighted by atomic mass is 10.3. The summed E-state index contributed by atoms with van der Waals surface area (Å²) in [6, 6.07) is 2.77. The number of halogens is 2. The van der Waals surface area contributed by atoms with Crippen LogP contribution in [0.15, 0.2) is 17.0 Å². The molecule has 0 N–H and O–H groups in total. The molecule has 20 heavy (non-hydrogen) atoms. The minimum absolute atomic E-state index is 0.0202. The van der Waals surface area contributed by atoms with Gasteiger partial charge in [-0.15, -0.1) is 0 Å².